The summed E-state index contributed by atoms with van der Waals surface area (Å²) in [5.74, 6) is -0.102. The number of likely N-dealkylation sites (N-methyl/N-ethyl adjacent to an activating group) is 1. The number of nitrogens with zero attached hydrogens (tertiary/aromatic N) is 1. The summed E-state index contributed by atoms with van der Waals surface area (Å²) < 4.78 is 5.05. The Balaban J connectivity index is 2.68. The van der Waals surface area contributed by atoms with Gasteiger partial charge in [-0.1, -0.05) is 18.5 Å². The minimum Gasteiger partial charge on any atom is -0.399 e. The molecule has 0 heterocycles. The molecule has 0 aliphatic rings. The van der Waals surface area contributed by atoms with Crippen LogP contribution in [-0.2, 0) is 9.53 Å². The van der Waals surface area contributed by atoms with E-state index in [0.29, 0.717) is 29.5 Å². The Kier molecular flexibility index (Phi) is 6.78. The number of nitrogens with one attached hydrogen (secondary N) is 1. The molecule has 1 aromatic carbocycles. The van der Waals surface area contributed by atoms with Crippen molar-refractivity contribution < 1.29 is 9.53 Å². The second-order valence-electron chi connectivity index (χ2n) is 4.53. The van der Waals surface area contributed by atoms with Gasteiger partial charge in [-0.15, -0.1) is 0 Å². The third-order valence-electron chi connectivity index (χ3n) is 3.17. The van der Waals surface area contributed by atoms with Crippen molar-refractivity contribution in [2.75, 3.05) is 37.9 Å². The van der Waals surface area contributed by atoms with Crippen LogP contribution >= 0.6 is 11.6 Å². The fraction of sp³-hybridized carbons (Fsp3) is 0.500. The highest BCUT2D eigenvalue weighted by Crippen LogP contribution is 2.24. The first-order chi connectivity index (χ1) is 9.49. The number of benzene rings is 1. The van der Waals surface area contributed by atoms with E-state index in [1.54, 1.807) is 25.3 Å². The van der Waals surface area contributed by atoms with Crippen LogP contribution < -0.4 is 11.1 Å². The van der Waals surface area contributed by atoms with Gasteiger partial charge in [0.1, 0.15) is 0 Å². The summed E-state index contributed by atoms with van der Waals surface area (Å²) in [4.78, 5) is 14.3. The van der Waals surface area contributed by atoms with Crippen molar-refractivity contribution in [2.24, 2.45) is 0 Å². The number of carbonyl (C=O) groups is 1. The lowest BCUT2D eigenvalue weighted by Crippen LogP contribution is -2.43. The zero-order valence-electron chi connectivity index (χ0n) is 12.1. The number of hydrogen-bond acceptors (Lipinski definition) is 4. The van der Waals surface area contributed by atoms with E-state index in [0.717, 1.165) is 6.54 Å². The molecule has 3 N–H and O–H groups in total. The number of anilines is 2. The zero-order chi connectivity index (χ0) is 15.1. The lowest BCUT2D eigenvalue weighted by Gasteiger charge is -2.26. The second kappa shape index (κ2) is 8.09. The Hall–Kier alpha value is -1.30. The lowest BCUT2D eigenvalue weighted by molar-refractivity contribution is -0.120. The molecule has 5 nitrogen and oxygen atoms in total. The Labute approximate surface area is 125 Å². The van der Waals surface area contributed by atoms with Gasteiger partial charge in [0.15, 0.2) is 0 Å². The van der Waals surface area contributed by atoms with E-state index in [4.69, 9.17) is 22.1 Å². The summed E-state index contributed by atoms with van der Waals surface area (Å²) in [7, 11) is 1.65. The molecule has 1 rings (SSSR count). The Bertz CT molecular complexity index is 454. The van der Waals surface area contributed by atoms with E-state index in [1.165, 1.54) is 0 Å². The van der Waals surface area contributed by atoms with Crippen LogP contribution in [0.4, 0.5) is 11.4 Å². The van der Waals surface area contributed by atoms with E-state index in [-0.39, 0.29) is 11.9 Å². The van der Waals surface area contributed by atoms with E-state index in [1.807, 2.05) is 18.7 Å². The summed E-state index contributed by atoms with van der Waals surface area (Å²) in [6.07, 6.45) is 0. The van der Waals surface area contributed by atoms with Crippen LogP contribution in [0.1, 0.15) is 13.8 Å². The number of methoxy groups -OCH3 is 1. The molecule has 0 aromatic heterocycles. The van der Waals surface area contributed by atoms with Crippen molar-refractivity contribution in [3.05, 3.63) is 23.2 Å². The summed E-state index contributed by atoms with van der Waals surface area (Å²) in [5, 5.41) is 3.26. The van der Waals surface area contributed by atoms with Crippen LogP contribution in [0, 0.1) is 0 Å². The summed E-state index contributed by atoms with van der Waals surface area (Å²) >= 11 is 6.05. The normalized spacial score (nSPS) is 12.4. The molecule has 0 saturated heterocycles. The zero-order valence-corrected chi connectivity index (χ0v) is 12.9. The number of ether oxygens (including phenoxy) is 1. The first kappa shape index (κ1) is 16.8. The molecule has 20 heavy (non-hydrogen) atoms. The number of carbonyl (C=O) groups excluding carboxylic acids is 1. The van der Waals surface area contributed by atoms with Crippen LogP contribution in [0.5, 0.6) is 0 Å². The maximum atomic E-state index is 12.2. The summed E-state index contributed by atoms with van der Waals surface area (Å²) in [6.45, 7) is 5.94. The summed E-state index contributed by atoms with van der Waals surface area (Å²) in [6, 6.07) is 4.76. The molecule has 0 bridgehead atoms. The quantitative estimate of drug-likeness (QED) is 0.758. The molecule has 1 aromatic rings. The van der Waals surface area contributed by atoms with Crippen molar-refractivity contribution in [3.63, 3.8) is 0 Å². The van der Waals surface area contributed by atoms with Crippen LogP contribution in [0.2, 0.25) is 5.02 Å². The molecule has 1 amide bonds. The van der Waals surface area contributed by atoms with Crippen molar-refractivity contribution in [1.82, 2.24) is 4.90 Å². The molecule has 0 fully saturated rings. The molecule has 112 valence electrons. The first-order valence-electron chi connectivity index (χ1n) is 6.58. The number of rotatable bonds is 7. The number of halogens is 1. The van der Waals surface area contributed by atoms with Crippen molar-refractivity contribution in [3.8, 4) is 0 Å². The van der Waals surface area contributed by atoms with E-state index >= 15 is 0 Å². The Morgan fingerprint density at radius 1 is 1.55 bits per heavy atom. The fourth-order valence-corrected chi connectivity index (χ4v) is 2.11. The Morgan fingerprint density at radius 3 is 2.80 bits per heavy atom. The number of nitrogens with two attached hydrogens (primary N) is 1. The number of hydrogen-bond donors (Lipinski definition) is 2. The predicted molar refractivity (Wildman–Crippen MR) is 83.1 cm³/mol. The van der Waals surface area contributed by atoms with Gasteiger partial charge in [0.25, 0.3) is 0 Å². The average molecular weight is 300 g/mol. The molecule has 1 unspecified atom stereocenters. The molecular formula is C14H22ClN3O2. The Morgan fingerprint density at radius 2 is 2.25 bits per heavy atom. The van der Waals surface area contributed by atoms with Gasteiger partial charge in [0.2, 0.25) is 5.91 Å². The third kappa shape index (κ3) is 4.67. The van der Waals surface area contributed by atoms with Gasteiger partial charge in [-0.2, -0.15) is 0 Å². The van der Waals surface area contributed by atoms with Gasteiger partial charge >= 0.3 is 0 Å². The highest BCUT2D eigenvalue weighted by atomic mass is 35.5. The highest BCUT2D eigenvalue weighted by Gasteiger charge is 2.20. The average Bonchev–Trinajstić information content (AvgIpc) is 2.42. The SMILES string of the molecule is CCN(CCOC)C(C)C(=O)Nc1ccc(N)cc1Cl. The highest BCUT2D eigenvalue weighted by molar-refractivity contribution is 6.34. The second-order valence-corrected chi connectivity index (χ2v) is 4.93. The molecule has 0 saturated carbocycles. The van der Waals surface area contributed by atoms with Gasteiger partial charge in [-0.05, 0) is 31.7 Å². The molecule has 1 atom stereocenters. The first-order valence-corrected chi connectivity index (χ1v) is 6.96. The lowest BCUT2D eigenvalue weighted by atomic mass is 10.2. The van der Waals surface area contributed by atoms with Crippen molar-refractivity contribution >= 4 is 28.9 Å². The molecule has 6 heteroatoms. The van der Waals surface area contributed by atoms with Crippen molar-refractivity contribution in [1.29, 1.82) is 0 Å². The largest absolute Gasteiger partial charge is 0.399 e. The van der Waals surface area contributed by atoms with E-state index in [9.17, 15) is 4.79 Å². The molecule has 0 aliphatic carbocycles. The molecule has 0 aliphatic heterocycles. The summed E-state index contributed by atoms with van der Waals surface area (Å²) in [5.41, 5.74) is 6.76. The van der Waals surface area contributed by atoms with Crippen LogP contribution in [-0.4, -0.2) is 43.7 Å². The predicted octanol–water partition coefficient (Wildman–Crippen LogP) is 2.22. The monoisotopic (exact) mass is 299 g/mol. The van der Waals surface area contributed by atoms with Crippen LogP contribution in [0.25, 0.3) is 0 Å². The number of nitrogen functional groups attached to an aromatic ring is 1. The maximum absolute atomic E-state index is 12.2. The smallest absolute Gasteiger partial charge is 0.241 e. The van der Waals surface area contributed by atoms with Crippen LogP contribution in [0.3, 0.4) is 0 Å². The third-order valence-corrected chi connectivity index (χ3v) is 3.48. The van der Waals surface area contributed by atoms with Crippen LogP contribution in [0.15, 0.2) is 18.2 Å². The van der Waals surface area contributed by atoms with Gasteiger partial charge in [0.05, 0.1) is 23.4 Å². The molecular weight excluding hydrogens is 278 g/mol. The minimum absolute atomic E-state index is 0.102. The van der Waals surface area contributed by atoms with Gasteiger partial charge in [0, 0.05) is 19.3 Å². The number of amides is 1. The minimum atomic E-state index is -0.260. The van der Waals surface area contributed by atoms with Gasteiger partial charge in [-0.25, -0.2) is 0 Å². The van der Waals surface area contributed by atoms with Gasteiger partial charge in [-0.3, -0.25) is 9.69 Å². The topological polar surface area (TPSA) is 67.6 Å². The van der Waals surface area contributed by atoms with E-state index in [2.05, 4.69) is 5.32 Å². The van der Waals surface area contributed by atoms with E-state index < -0.39 is 0 Å². The van der Waals surface area contributed by atoms with Crippen molar-refractivity contribution in [2.45, 2.75) is 19.9 Å². The van der Waals surface area contributed by atoms with Gasteiger partial charge < -0.3 is 15.8 Å². The standard InChI is InChI=1S/C14H22ClN3O2/c1-4-18(7-8-20-3)10(2)14(19)17-13-6-5-11(16)9-12(13)15/h5-6,9-10H,4,7-8,16H2,1-3H3,(H,17,19). The molecule has 0 spiro atoms. The maximum Gasteiger partial charge on any atom is 0.241 e. The molecule has 0 radical (unpaired) electrons. The fourth-order valence-electron chi connectivity index (χ4n) is 1.87.